The van der Waals surface area contributed by atoms with E-state index in [4.69, 9.17) is 17.0 Å². The molecule has 2 rings (SSSR count). The van der Waals surface area contributed by atoms with Gasteiger partial charge in [0.1, 0.15) is 0 Å². The lowest BCUT2D eigenvalue weighted by molar-refractivity contribution is 0.463. The number of benzene rings is 1. The largest absolute Gasteiger partial charge is 0.349 e. The molecule has 2 nitrogen and oxygen atoms in total. The molecule has 0 spiro atoms. The Balaban J connectivity index is 1.74. The summed E-state index contributed by atoms with van der Waals surface area (Å²) in [5.74, 6) is 1.91. The molecular weight excluding hydrogens is 272 g/mol. The van der Waals surface area contributed by atoms with Crippen LogP contribution in [0.25, 0.3) is 0 Å². The Kier molecular flexibility index (Phi) is 5.07. The highest BCUT2D eigenvalue weighted by atomic mass is 35.5. The van der Waals surface area contributed by atoms with E-state index < -0.39 is 0 Å². The fourth-order valence-electron chi connectivity index (χ4n) is 1.61. The van der Waals surface area contributed by atoms with Gasteiger partial charge in [0, 0.05) is 29.5 Å². The van der Waals surface area contributed by atoms with Gasteiger partial charge in [-0.3, -0.25) is 5.41 Å². The third kappa shape index (κ3) is 4.12. The molecule has 0 radical (unpaired) electrons. The van der Waals surface area contributed by atoms with Crippen LogP contribution >= 0.6 is 35.1 Å². The summed E-state index contributed by atoms with van der Waals surface area (Å²) in [4.78, 5) is 3.32. The van der Waals surface area contributed by atoms with Crippen LogP contribution < -0.4 is 0 Å². The van der Waals surface area contributed by atoms with Gasteiger partial charge in [0.05, 0.1) is 5.38 Å². The third-order valence-electron chi connectivity index (χ3n) is 2.48. The van der Waals surface area contributed by atoms with Crippen LogP contribution in [0.15, 0.2) is 35.2 Å². The second kappa shape index (κ2) is 6.57. The monoisotopic (exact) mass is 286 g/mol. The van der Waals surface area contributed by atoms with Gasteiger partial charge in [-0.25, -0.2) is 0 Å². The SMILES string of the molecule is N=C1SCCN1CC(Cl)CSc1ccccc1. The molecule has 17 heavy (non-hydrogen) atoms. The van der Waals surface area contributed by atoms with Crippen molar-refractivity contribution in [2.75, 3.05) is 24.6 Å². The summed E-state index contributed by atoms with van der Waals surface area (Å²) in [7, 11) is 0. The molecule has 1 aliphatic rings. The maximum absolute atomic E-state index is 7.72. The van der Waals surface area contributed by atoms with Gasteiger partial charge in [0.2, 0.25) is 0 Å². The van der Waals surface area contributed by atoms with E-state index >= 15 is 0 Å². The molecule has 0 amide bonds. The molecule has 0 aliphatic carbocycles. The Morgan fingerprint density at radius 3 is 2.82 bits per heavy atom. The number of nitrogens with zero attached hydrogens (tertiary/aromatic N) is 1. The first-order valence-electron chi connectivity index (χ1n) is 5.54. The standard InChI is InChI=1S/C12H15ClN2S2/c13-10(8-15-6-7-16-12(15)14)9-17-11-4-2-1-3-5-11/h1-5,10,14H,6-9H2. The van der Waals surface area contributed by atoms with Crippen LogP contribution in [0.2, 0.25) is 0 Å². The van der Waals surface area contributed by atoms with E-state index in [2.05, 4.69) is 17.0 Å². The first-order valence-corrected chi connectivity index (χ1v) is 7.94. The summed E-state index contributed by atoms with van der Waals surface area (Å²) >= 11 is 9.69. The minimum Gasteiger partial charge on any atom is -0.349 e. The fourth-order valence-corrected chi connectivity index (χ4v) is 3.65. The lowest BCUT2D eigenvalue weighted by Crippen LogP contribution is -2.31. The average Bonchev–Trinajstić information content (AvgIpc) is 2.74. The lowest BCUT2D eigenvalue weighted by Gasteiger charge is -2.19. The number of thioether (sulfide) groups is 2. The normalized spacial score (nSPS) is 17.5. The quantitative estimate of drug-likeness (QED) is 0.664. The summed E-state index contributed by atoms with van der Waals surface area (Å²) < 4.78 is 0. The second-order valence-electron chi connectivity index (χ2n) is 3.82. The molecule has 1 unspecified atom stereocenters. The number of hydrogen-bond donors (Lipinski definition) is 1. The van der Waals surface area contributed by atoms with E-state index in [1.54, 1.807) is 23.5 Å². The van der Waals surface area contributed by atoms with Crippen LogP contribution in [0, 0.1) is 5.41 Å². The van der Waals surface area contributed by atoms with Crippen LogP contribution in [0.1, 0.15) is 0 Å². The van der Waals surface area contributed by atoms with Gasteiger partial charge in [-0.1, -0.05) is 30.0 Å². The van der Waals surface area contributed by atoms with E-state index in [1.165, 1.54) is 4.90 Å². The highest BCUT2D eigenvalue weighted by molar-refractivity contribution is 8.14. The average molecular weight is 287 g/mol. The molecule has 1 aromatic rings. The van der Waals surface area contributed by atoms with Crippen molar-refractivity contribution in [3.8, 4) is 0 Å². The van der Waals surface area contributed by atoms with Gasteiger partial charge in [-0.15, -0.1) is 23.4 Å². The van der Waals surface area contributed by atoms with Crippen LogP contribution in [0.3, 0.4) is 0 Å². The zero-order valence-electron chi connectivity index (χ0n) is 9.43. The van der Waals surface area contributed by atoms with Gasteiger partial charge in [0.15, 0.2) is 5.17 Å². The van der Waals surface area contributed by atoms with Crippen LogP contribution in [-0.4, -0.2) is 40.0 Å². The van der Waals surface area contributed by atoms with Crippen LogP contribution in [0.4, 0.5) is 0 Å². The summed E-state index contributed by atoms with van der Waals surface area (Å²) in [6.07, 6.45) is 0. The van der Waals surface area contributed by atoms with E-state index in [1.807, 2.05) is 18.2 Å². The zero-order chi connectivity index (χ0) is 12.1. The van der Waals surface area contributed by atoms with Crippen molar-refractivity contribution in [2.45, 2.75) is 10.3 Å². The van der Waals surface area contributed by atoms with Crippen molar-refractivity contribution < 1.29 is 0 Å². The molecular formula is C12H15ClN2S2. The predicted molar refractivity (Wildman–Crippen MR) is 78.6 cm³/mol. The molecule has 5 heteroatoms. The smallest absolute Gasteiger partial charge is 0.156 e. The number of amidine groups is 1. The topological polar surface area (TPSA) is 27.1 Å². The van der Waals surface area contributed by atoms with E-state index in [0.29, 0.717) is 5.17 Å². The van der Waals surface area contributed by atoms with Gasteiger partial charge >= 0.3 is 0 Å². The van der Waals surface area contributed by atoms with E-state index in [-0.39, 0.29) is 5.38 Å². The van der Waals surface area contributed by atoms with E-state index in [0.717, 1.165) is 24.6 Å². The number of halogens is 1. The molecule has 1 atom stereocenters. The number of hydrogen-bond acceptors (Lipinski definition) is 3. The Bertz CT molecular complexity index is 372. The molecule has 1 saturated heterocycles. The highest BCUT2D eigenvalue weighted by Gasteiger charge is 2.20. The summed E-state index contributed by atoms with van der Waals surface area (Å²) in [6, 6.07) is 10.3. The van der Waals surface area contributed by atoms with Crippen LogP contribution in [-0.2, 0) is 0 Å². The van der Waals surface area contributed by atoms with Gasteiger partial charge in [-0.05, 0) is 12.1 Å². The highest BCUT2D eigenvalue weighted by Crippen LogP contribution is 2.22. The molecule has 0 saturated carbocycles. The molecule has 1 N–H and O–H groups in total. The minimum atomic E-state index is 0.0965. The lowest BCUT2D eigenvalue weighted by atomic mass is 10.4. The van der Waals surface area contributed by atoms with Crippen molar-refractivity contribution in [2.24, 2.45) is 0 Å². The minimum absolute atomic E-state index is 0.0965. The maximum atomic E-state index is 7.72. The summed E-state index contributed by atoms with van der Waals surface area (Å²) in [5.41, 5.74) is 0. The van der Waals surface area contributed by atoms with E-state index in [9.17, 15) is 0 Å². The van der Waals surface area contributed by atoms with Gasteiger partial charge in [-0.2, -0.15) is 0 Å². The Morgan fingerprint density at radius 1 is 1.41 bits per heavy atom. The van der Waals surface area contributed by atoms with Crippen molar-refractivity contribution in [1.82, 2.24) is 4.90 Å². The first-order chi connectivity index (χ1) is 8.25. The Labute approximate surface area is 116 Å². The van der Waals surface area contributed by atoms with Crippen molar-refractivity contribution in [1.29, 1.82) is 5.41 Å². The maximum Gasteiger partial charge on any atom is 0.156 e. The van der Waals surface area contributed by atoms with Crippen molar-refractivity contribution >= 4 is 40.3 Å². The molecule has 92 valence electrons. The van der Waals surface area contributed by atoms with Gasteiger partial charge < -0.3 is 4.90 Å². The number of alkyl halides is 1. The van der Waals surface area contributed by atoms with Crippen molar-refractivity contribution in [3.63, 3.8) is 0 Å². The zero-order valence-corrected chi connectivity index (χ0v) is 11.8. The third-order valence-corrected chi connectivity index (χ3v) is 5.05. The molecule has 1 fully saturated rings. The molecule has 0 bridgehead atoms. The first kappa shape index (κ1) is 13.1. The van der Waals surface area contributed by atoms with Crippen LogP contribution in [0.5, 0.6) is 0 Å². The predicted octanol–water partition coefficient (Wildman–Crippen LogP) is 3.37. The number of rotatable bonds is 5. The summed E-state index contributed by atoms with van der Waals surface area (Å²) in [6.45, 7) is 1.75. The second-order valence-corrected chi connectivity index (χ2v) is 6.62. The summed E-state index contributed by atoms with van der Waals surface area (Å²) in [5, 5.41) is 8.48. The Hall–Kier alpha value is -0.320. The molecule has 0 aromatic heterocycles. The molecule has 1 heterocycles. The Morgan fingerprint density at radius 2 is 2.18 bits per heavy atom. The molecule has 1 aliphatic heterocycles. The fraction of sp³-hybridized carbons (Fsp3) is 0.417. The van der Waals surface area contributed by atoms with Crippen molar-refractivity contribution in [3.05, 3.63) is 30.3 Å². The number of nitrogens with one attached hydrogen (secondary N) is 1. The van der Waals surface area contributed by atoms with Gasteiger partial charge in [0.25, 0.3) is 0 Å². The molecule has 1 aromatic carbocycles.